The topological polar surface area (TPSA) is 17.1 Å². The summed E-state index contributed by atoms with van der Waals surface area (Å²) in [5.41, 5.74) is 1.66. The van der Waals surface area contributed by atoms with Crippen LogP contribution in [0.25, 0.3) is 0 Å². The molecular formula is C21H26O. The number of benzene rings is 2. The molecule has 0 unspecified atom stereocenters. The number of ketones is 1. The van der Waals surface area contributed by atoms with Gasteiger partial charge in [-0.25, -0.2) is 0 Å². The summed E-state index contributed by atoms with van der Waals surface area (Å²) in [4.78, 5) is 12.9. The number of rotatable bonds is 6. The molecule has 22 heavy (non-hydrogen) atoms. The van der Waals surface area contributed by atoms with E-state index >= 15 is 0 Å². The number of aryl methyl sites for hydroxylation is 1. The van der Waals surface area contributed by atoms with Crippen LogP contribution in [0.4, 0.5) is 0 Å². The molecule has 1 heteroatoms. The van der Waals surface area contributed by atoms with Gasteiger partial charge in [0.1, 0.15) is 0 Å². The lowest BCUT2D eigenvalue weighted by Gasteiger charge is -2.40. The van der Waals surface area contributed by atoms with Crippen LogP contribution in [0.2, 0.25) is 0 Å². The number of hydrogen-bond acceptors (Lipinski definition) is 1. The van der Waals surface area contributed by atoms with Gasteiger partial charge in [0.2, 0.25) is 0 Å². The first kappa shape index (κ1) is 16.5. The van der Waals surface area contributed by atoms with Crippen LogP contribution < -0.4 is 0 Å². The van der Waals surface area contributed by atoms with E-state index in [1.807, 2.05) is 36.4 Å². The maximum atomic E-state index is 12.9. The second-order valence-corrected chi connectivity index (χ2v) is 7.19. The van der Waals surface area contributed by atoms with E-state index in [-0.39, 0.29) is 11.2 Å². The Hall–Kier alpha value is -1.89. The van der Waals surface area contributed by atoms with Gasteiger partial charge in [0.05, 0.1) is 0 Å². The molecule has 0 radical (unpaired) electrons. The standard InChI is InChI=1S/C21H26O/c1-20(2,16-15-17-11-7-5-8-12-17)21(3,4)19(22)18-13-9-6-10-14-18/h5-14H,15-16H2,1-4H3. The first-order chi connectivity index (χ1) is 10.3. The van der Waals surface area contributed by atoms with E-state index in [0.29, 0.717) is 0 Å². The maximum absolute atomic E-state index is 12.9. The van der Waals surface area contributed by atoms with Crippen molar-refractivity contribution < 1.29 is 4.79 Å². The Morgan fingerprint density at radius 3 is 1.86 bits per heavy atom. The molecule has 0 aliphatic carbocycles. The van der Waals surface area contributed by atoms with E-state index in [1.165, 1.54) is 5.56 Å². The van der Waals surface area contributed by atoms with Crippen LogP contribution in [-0.2, 0) is 6.42 Å². The van der Waals surface area contributed by atoms with Crippen molar-refractivity contribution in [2.75, 3.05) is 0 Å². The fraction of sp³-hybridized carbons (Fsp3) is 0.381. The average molecular weight is 294 g/mol. The minimum absolute atomic E-state index is 0.0736. The molecule has 2 aromatic carbocycles. The van der Waals surface area contributed by atoms with E-state index in [9.17, 15) is 4.79 Å². The van der Waals surface area contributed by atoms with Gasteiger partial charge >= 0.3 is 0 Å². The molecular weight excluding hydrogens is 268 g/mol. The lowest BCUT2D eigenvalue weighted by atomic mass is 9.62. The highest BCUT2D eigenvalue weighted by Crippen LogP contribution is 2.44. The van der Waals surface area contributed by atoms with E-state index in [4.69, 9.17) is 0 Å². The average Bonchev–Trinajstić information content (AvgIpc) is 2.54. The van der Waals surface area contributed by atoms with Crippen molar-refractivity contribution in [1.29, 1.82) is 0 Å². The van der Waals surface area contributed by atoms with E-state index in [0.717, 1.165) is 18.4 Å². The second-order valence-electron chi connectivity index (χ2n) is 7.19. The van der Waals surface area contributed by atoms with Crippen LogP contribution in [0, 0.1) is 10.8 Å². The molecule has 0 spiro atoms. The zero-order valence-electron chi connectivity index (χ0n) is 14.1. The van der Waals surface area contributed by atoms with Gasteiger partial charge in [0.15, 0.2) is 5.78 Å². The quantitative estimate of drug-likeness (QED) is 0.638. The largest absolute Gasteiger partial charge is 0.294 e. The van der Waals surface area contributed by atoms with Crippen molar-refractivity contribution in [2.45, 2.75) is 40.5 Å². The predicted molar refractivity (Wildman–Crippen MR) is 93.1 cm³/mol. The van der Waals surface area contributed by atoms with Crippen molar-refractivity contribution in [3.63, 3.8) is 0 Å². The molecule has 0 N–H and O–H groups in total. The summed E-state index contributed by atoms with van der Waals surface area (Å²) < 4.78 is 0. The Balaban J connectivity index is 2.14. The molecule has 0 aliphatic rings. The van der Waals surface area contributed by atoms with Crippen molar-refractivity contribution >= 4 is 5.78 Å². The molecule has 2 rings (SSSR count). The molecule has 0 atom stereocenters. The smallest absolute Gasteiger partial charge is 0.168 e. The molecule has 0 heterocycles. The van der Waals surface area contributed by atoms with Crippen LogP contribution in [-0.4, -0.2) is 5.78 Å². The number of Topliss-reactive ketones (excluding diaryl/α,β-unsaturated/α-hetero) is 1. The van der Waals surface area contributed by atoms with Crippen molar-refractivity contribution in [3.05, 3.63) is 71.8 Å². The third-order valence-corrected chi connectivity index (χ3v) is 5.18. The summed E-state index contributed by atoms with van der Waals surface area (Å²) in [6.45, 7) is 8.56. The first-order valence-electron chi connectivity index (χ1n) is 7.98. The molecule has 0 bridgehead atoms. The van der Waals surface area contributed by atoms with Crippen LogP contribution in [0.15, 0.2) is 60.7 Å². The van der Waals surface area contributed by atoms with E-state index < -0.39 is 5.41 Å². The molecule has 0 saturated heterocycles. The Labute approximate surface area is 134 Å². The third kappa shape index (κ3) is 3.47. The highest BCUT2D eigenvalue weighted by atomic mass is 16.1. The fourth-order valence-corrected chi connectivity index (χ4v) is 2.67. The van der Waals surface area contributed by atoms with Gasteiger partial charge in [0, 0.05) is 11.0 Å². The molecule has 0 aromatic heterocycles. The maximum Gasteiger partial charge on any atom is 0.168 e. The Bertz CT molecular complexity index is 609. The molecule has 0 amide bonds. The minimum atomic E-state index is -0.400. The highest BCUT2D eigenvalue weighted by molar-refractivity contribution is 6.00. The van der Waals surface area contributed by atoms with Crippen molar-refractivity contribution in [1.82, 2.24) is 0 Å². The molecule has 0 fully saturated rings. The van der Waals surface area contributed by atoms with Gasteiger partial charge in [0.25, 0.3) is 0 Å². The summed E-state index contributed by atoms with van der Waals surface area (Å²) >= 11 is 0. The summed E-state index contributed by atoms with van der Waals surface area (Å²) in [5.74, 6) is 0.228. The van der Waals surface area contributed by atoms with Crippen molar-refractivity contribution in [3.8, 4) is 0 Å². The monoisotopic (exact) mass is 294 g/mol. The first-order valence-corrected chi connectivity index (χ1v) is 7.98. The van der Waals surface area contributed by atoms with Gasteiger partial charge in [-0.05, 0) is 23.8 Å². The van der Waals surface area contributed by atoms with E-state index in [1.54, 1.807) is 0 Å². The highest BCUT2D eigenvalue weighted by Gasteiger charge is 2.42. The van der Waals surface area contributed by atoms with Crippen LogP contribution in [0.3, 0.4) is 0 Å². The minimum Gasteiger partial charge on any atom is -0.294 e. The van der Waals surface area contributed by atoms with Gasteiger partial charge in [-0.15, -0.1) is 0 Å². The predicted octanol–water partition coefficient (Wildman–Crippen LogP) is 5.55. The summed E-state index contributed by atoms with van der Waals surface area (Å²) in [7, 11) is 0. The summed E-state index contributed by atoms with van der Waals surface area (Å²) in [6.07, 6.45) is 1.99. The zero-order chi connectivity index (χ0) is 16.2. The molecule has 2 aromatic rings. The number of hydrogen-bond donors (Lipinski definition) is 0. The second kappa shape index (κ2) is 6.48. The lowest BCUT2D eigenvalue weighted by molar-refractivity contribution is 0.0551. The Morgan fingerprint density at radius 1 is 0.818 bits per heavy atom. The van der Waals surface area contributed by atoms with Crippen molar-refractivity contribution in [2.24, 2.45) is 10.8 Å². The zero-order valence-corrected chi connectivity index (χ0v) is 14.1. The number of carbonyl (C=O) groups is 1. The summed E-state index contributed by atoms with van der Waals surface area (Å²) in [6, 6.07) is 20.1. The van der Waals surface area contributed by atoms with Gasteiger partial charge in [-0.2, -0.15) is 0 Å². The molecule has 1 nitrogen and oxygen atoms in total. The lowest BCUT2D eigenvalue weighted by Crippen LogP contribution is -2.40. The molecule has 0 aliphatic heterocycles. The number of carbonyl (C=O) groups excluding carboxylic acids is 1. The third-order valence-electron chi connectivity index (χ3n) is 5.18. The SMILES string of the molecule is CC(C)(CCc1ccccc1)C(C)(C)C(=O)c1ccccc1. The van der Waals surface area contributed by atoms with Gasteiger partial charge in [-0.3, -0.25) is 4.79 Å². The molecule has 116 valence electrons. The van der Waals surface area contributed by atoms with Gasteiger partial charge in [-0.1, -0.05) is 88.4 Å². The normalized spacial score (nSPS) is 12.2. The van der Waals surface area contributed by atoms with Crippen LogP contribution in [0.5, 0.6) is 0 Å². The van der Waals surface area contributed by atoms with Crippen LogP contribution >= 0.6 is 0 Å². The fourth-order valence-electron chi connectivity index (χ4n) is 2.67. The van der Waals surface area contributed by atoms with Gasteiger partial charge < -0.3 is 0 Å². The van der Waals surface area contributed by atoms with Crippen LogP contribution in [0.1, 0.15) is 50.0 Å². The Morgan fingerprint density at radius 2 is 1.32 bits per heavy atom. The van der Waals surface area contributed by atoms with E-state index in [2.05, 4.69) is 52.0 Å². The summed E-state index contributed by atoms with van der Waals surface area (Å²) in [5, 5.41) is 0. The Kier molecular flexibility index (Phi) is 4.85. The molecule has 0 saturated carbocycles.